The zero-order chi connectivity index (χ0) is 21.4. The maximum absolute atomic E-state index is 12.7. The second kappa shape index (κ2) is 10.2. The number of aryl methyl sites for hydroxylation is 1. The molecule has 1 N–H and O–H groups in total. The van der Waals surface area contributed by atoms with Crippen LogP contribution < -0.4 is 10.1 Å². The van der Waals surface area contributed by atoms with Gasteiger partial charge in [0.1, 0.15) is 12.4 Å². The van der Waals surface area contributed by atoms with Crippen molar-refractivity contribution in [2.45, 2.75) is 38.7 Å². The van der Waals surface area contributed by atoms with Gasteiger partial charge in [0.15, 0.2) is 0 Å². The molecule has 0 saturated heterocycles. The minimum atomic E-state index is -0.692. The first-order chi connectivity index (χ1) is 13.8. The average molecular weight is 411 g/mol. The van der Waals surface area contributed by atoms with Crippen molar-refractivity contribution in [3.63, 3.8) is 0 Å². The van der Waals surface area contributed by atoms with Crippen LogP contribution >= 0.6 is 11.8 Å². The molecule has 0 aliphatic heterocycles. The molecule has 6 heteroatoms. The Balaban J connectivity index is 2.28. The Morgan fingerprint density at radius 3 is 2.76 bits per heavy atom. The summed E-state index contributed by atoms with van der Waals surface area (Å²) in [7, 11) is 1.61. The van der Waals surface area contributed by atoms with Gasteiger partial charge in [0.25, 0.3) is 5.91 Å². The maximum atomic E-state index is 12.7. The third-order valence-corrected chi connectivity index (χ3v) is 4.68. The highest BCUT2D eigenvalue weighted by Gasteiger charge is 2.25. The number of hydrogen-bond donors (Lipinski definition) is 1. The lowest BCUT2D eigenvalue weighted by Crippen LogP contribution is -2.47. The lowest BCUT2D eigenvalue weighted by Gasteiger charge is -2.24. The van der Waals surface area contributed by atoms with Crippen LogP contribution in [0, 0.1) is 30.6 Å². The third-order valence-electron chi connectivity index (χ3n) is 3.94. The normalized spacial score (nSPS) is 11.7. The number of benzene rings is 1. The fourth-order valence-corrected chi connectivity index (χ4v) is 3.27. The lowest BCUT2D eigenvalue weighted by atomic mass is 10.1. The van der Waals surface area contributed by atoms with Gasteiger partial charge >= 0.3 is 0 Å². The Labute approximate surface area is 177 Å². The van der Waals surface area contributed by atoms with Gasteiger partial charge in [0.05, 0.1) is 11.1 Å². The average Bonchev–Trinajstić information content (AvgIpc) is 2.65. The molecule has 5 nitrogen and oxygen atoms in total. The summed E-state index contributed by atoms with van der Waals surface area (Å²) in [6.07, 6.45) is 3.58. The van der Waals surface area contributed by atoms with Crippen LogP contribution in [0.25, 0.3) is 10.9 Å². The topological polar surface area (TPSA) is 60.5 Å². The number of ether oxygens (including phenoxy) is 2. The zero-order valence-corrected chi connectivity index (χ0v) is 18.5. The zero-order valence-electron chi connectivity index (χ0n) is 17.7. The van der Waals surface area contributed by atoms with Gasteiger partial charge < -0.3 is 14.8 Å². The highest BCUT2D eigenvalue weighted by Crippen LogP contribution is 2.26. The van der Waals surface area contributed by atoms with E-state index in [1.165, 1.54) is 11.8 Å². The van der Waals surface area contributed by atoms with Gasteiger partial charge in [-0.05, 0) is 57.7 Å². The Bertz CT molecular complexity index is 1010. The fraction of sp³-hybridized carbons (Fsp3) is 0.391. The number of nitrogens with one attached hydrogen (secondary N) is 1. The molecule has 0 aliphatic rings. The van der Waals surface area contributed by atoms with Gasteiger partial charge in [-0.3, -0.25) is 9.78 Å². The van der Waals surface area contributed by atoms with Crippen molar-refractivity contribution in [1.82, 2.24) is 10.3 Å². The Kier molecular flexibility index (Phi) is 7.96. The molecule has 1 heterocycles. The van der Waals surface area contributed by atoms with Crippen molar-refractivity contribution >= 4 is 28.6 Å². The summed E-state index contributed by atoms with van der Waals surface area (Å²) in [4.78, 5) is 17.2. The van der Waals surface area contributed by atoms with E-state index in [-0.39, 0.29) is 5.91 Å². The minimum absolute atomic E-state index is 0.222. The fourth-order valence-electron chi connectivity index (χ4n) is 2.79. The molecule has 0 fully saturated rings. The van der Waals surface area contributed by atoms with Gasteiger partial charge in [-0.1, -0.05) is 17.8 Å². The van der Waals surface area contributed by atoms with E-state index >= 15 is 0 Å². The molecule has 1 aromatic heterocycles. The van der Waals surface area contributed by atoms with Crippen LogP contribution in [0.15, 0.2) is 24.4 Å². The molecule has 1 aromatic carbocycles. The van der Waals surface area contributed by atoms with Crippen molar-refractivity contribution in [3.05, 3.63) is 35.5 Å². The number of hydrogen-bond acceptors (Lipinski definition) is 5. The first-order valence-corrected chi connectivity index (χ1v) is 10.4. The molecule has 1 amide bonds. The summed E-state index contributed by atoms with van der Waals surface area (Å²) in [5.74, 6) is 12.1. The molecule has 1 atom stereocenters. The Hall–Kier alpha value is -2.67. The maximum Gasteiger partial charge on any atom is 0.272 e. The van der Waals surface area contributed by atoms with Gasteiger partial charge in [0, 0.05) is 24.3 Å². The van der Waals surface area contributed by atoms with Crippen molar-refractivity contribution in [2.24, 2.45) is 0 Å². The third kappa shape index (κ3) is 6.42. The number of pyridine rings is 1. The Morgan fingerprint density at radius 2 is 2.10 bits per heavy atom. The predicted octanol–water partition coefficient (Wildman–Crippen LogP) is 3.53. The van der Waals surface area contributed by atoms with Crippen LogP contribution in [0.5, 0.6) is 5.75 Å². The second-order valence-electron chi connectivity index (χ2n) is 6.95. The first-order valence-electron chi connectivity index (χ1n) is 9.13. The van der Waals surface area contributed by atoms with E-state index in [4.69, 9.17) is 9.47 Å². The smallest absolute Gasteiger partial charge is 0.272 e. The van der Waals surface area contributed by atoms with Crippen molar-refractivity contribution in [3.8, 4) is 29.4 Å². The van der Waals surface area contributed by atoms with E-state index in [0.717, 1.165) is 22.0 Å². The second-order valence-corrected chi connectivity index (χ2v) is 7.84. The van der Waals surface area contributed by atoms with E-state index < -0.39 is 11.0 Å². The molecule has 0 radical (unpaired) electrons. The molecule has 2 aromatic rings. The van der Waals surface area contributed by atoms with Crippen LogP contribution in [-0.2, 0) is 9.53 Å². The van der Waals surface area contributed by atoms with Gasteiger partial charge in [-0.25, -0.2) is 0 Å². The highest BCUT2D eigenvalue weighted by molar-refractivity contribution is 7.99. The van der Waals surface area contributed by atoms with Crippen molar-refractivity contribution in [2.75, 3.05) is 20.0 Å². The molecule has 0 spiro atoms. The largest absolute Gasteiger partial charge is 0.470 e. The molecule has 2 rings (SSSR count). The number of nitrogens with zero attached hydrogens (tertiary/aromatic N) is 1. The van der Waals surface area contributed by atoms with Crippen molar-refractivity contribution < 1.29 is 14.3 Å². The van der Waals surface area contributed by atoms with Gasteiger partial charge in [-0.15, -0.1) is 17.7 Å². The lowest BCUT2D eigenvalue weighted by molar-refractivity contribution is -0.125. The summed E-state index contributed by atoms with van der Waals surface area (Å²) >= 11 is 1.33. The summed E-state index contributed by atoms with van der Waals surface area (Å²) in [6.45, 7) is 7.79. The molecule has 152 valence electrons. The van der Waals surface area contributed by atoms with Crippen LogP contribution in [-0.4, -0.2) is 41.8 Å². The SMILES string of the molecule is CC#CC(C)(C)NC(=O)C(Oc1cc(C)c2ncc(C#CCOC)cc2c1)SC. The monoisotopic (exact) mass is 410 g/mol. The van der Waals surface area contributed by atoms with Crippen molar-refractivity contribution in [1.29, 1.82) is 0 Å². The van der Waals surface area contributed by atoms with E-state index in [2.05, 4.69) is 34.0 Å². The number of aromatic nitrogens is 1. The van der Waals surface area contributed by atoms with E-state index in [9.17, 15) is 4.79 Å². The molecular formula is C23H26N2O3S. The standard InChI is InChI=1S/C23H26N2O3S/c1-7-10-23(3,4)25-21(26)22(29-6)28-19-12-16(2)20-18(14-19)13-17(15-24-20)9-8-11-27-5/h12-15,22H,11H2,1-6H3,(H,25,26). The highest BCUT2D eigenvalue weighted by atomic mass is 32.2. The summed E-state index contributed by atoms with van der Waals surface area (Å²) in [5, 5.41) is 3.82. The number of amides is 1. The molecular weight excluding hydrogens is 384 g/mol. The number of carbonyl (C=O) groups is 1. The van der Waals surface area contributed by atoms with Gasteiger partial charge in [0.2, 0.25) is 5.44 Å². The molecule has 1 unspecified atom stereocenters. The minimum Gasteiger partial charge on any atom is -0.470 e. The number of rotatable bonds is 6. The number of methoxy groups -OCH3 is 1. The number of fused-ring (bicyclic) bond motifs is 1. The summed E-state index contributed by atoms with van der Waals surface area (Å²) in [6, 6.07) is 5.72. The Morgan fingerprint density at radius 1 is 1.34 bits per heavy atom. The van der Waals surface area contributed by atoms with Crippen LogP contribution in [0.3, 0.4) is 0 Å². The molecule has 0 saturated carbocycles. The van der Waals surface area contributed by atoms with E-state index in [1.807, 2.05) is 45.2 Å². The van der Waals surface area contributed by atoms with Crippen LogP contribution in [0.1, 0.15) is 31.9 Å². The quantitative estimate of drug-likeness (QED) is 0.583. The molecule has 29 heavy (non-hydrogen) atoms. The summed E-state index contributed by atoms with van der Waals surface area (Å²) in [5.41, 5.74) is 1.32. The van der Waals surface area contributed by atoms with Crippen LogP contribution in [0.4, 0.5) is 0 Å². The number of thioether (sulfide) groups is 1. The number of carbonyl (C=O) groups excluding carboxylic acids is 1. The van der Waals surface area contributed by atoms with Crippen LogP contribution in [0.2, 0.25) is 0 Å². The van der Waals surface area contributed by atoms with Gasteiger partial charge in [-0.2, -0.15) is 0 Å². The molecule has 0 bridgehead atoms. The van der Waals surface area contributed by atoms with E-state index in [1.54, 1.807) is 20.2 Å². The molecule has 0 aliphatic carbocycles. The first kappa shape index (κ1) is 22.6. The van der Waals surface area contributed by atoms with E-state index in [0.29, 0.717) is 12.4 Å². The predicted molar refractivity (Wildman–Crippen MR) is 119 cm³/mol. The summed E-state index contributed by atoms with van der Waals surface area (Å²) < 4.78 is 11.0.